The van der Waals surface area contributed by atoms with Gasteiger partial charge in [-0.1, -0.05) is 26.0 Å². The van der Waals surface area contributed by atoms with Gasteiger partial charge in [0.05, 0.1) is 25.0 Å². The normalized spacial score (nSPS) is 21.1. The molecule has 0 radical (unpaired) electrons. The Labute approximate surface area is 102 Å². The van der Waals surface area contributed by atoms with Crippen LogP contribution in [0.3, 0.4) is 0 Å². The van der Waals surface area contributed by atoms with Crippen molar-refractivity contribution in [1.82, 2.24) is 0 Å². The van der Waals surface area contributed by atoms with Gasteiger partial charge in [-0.3, -0.25) is 4.57 Å². The molecule has 100 valence electrons. The molecule has 0 aliphatic carbocycles. The monoisotopic (exact) mass is 264 g/mol. The molecule has 0 saturated carbocycles. The van der Waals surface area contributed by atoms with Gasteiger partial charge in [0.15, 0.2) is 0 Å². The fourth-order valence-corrected chi connectivity index (χ4v) is 1.95. The Bertz CT molecular complexity index is 301. The average molecular weight is 264 g/mol. The Morgan fingerprint density at radius 3 is 2.47 bits per heavy atom. The summed E-state index contributed by atoms with van der Waals surface area (Å²) in [6, 6.07) is 0. The molecule has 1 saturated heterocycles. The second-order valence-electron chi connectivity index (χ2n) is 4.29. The summed E-state index contributed by atoms with van der Waals surface area (Å²) in [5, 5.41) is 0. The zero-order chi connectivity index (χ0) is 12.9. The van der Waals surface area contributed by atoms with E-state index in [-0.39, 0.29) is 12.3 Å². The summed E-state index contributed by atoms with van der Waals surface area (Å²) < 4.78 is 21.6. The Hall–Kier alpha value is -0.190. The molecular formula is C11H21O5P. The predicted molar refractivity (Wildman–Crippen MR) is 65.1 cm³/mol. The maximum atomic E-state index is 10.8. The first-order valence-corrected chi connectivity index (χ1v) is 7.68. The summed E-state index contributed by atoms with van der Waals surface area (Å²) in [5.74, 6) is 0. The molecule has 1 aliphatic heterocycles. The second-order valence-corrected chi connectivity index (χ2v) is 5.98. The molecular weight excluding hydrogens is 243 g/mol. The van der Waals surface area contributed by atoms with E-state index in [1.165, 1.54) is 6.08 Å². The molecule has 0 bridgehead atoms. The largest absolute Gasteiger partial charge is 0.371 e. The number of ether oxygens (including phenoxy) is 2. The van der Waals surface area contributed by atoms with Crippen molar-refractivity contribution in [1.29, 1.82) is 0 Å². The summed E-state index contributed by atoms with van der Waals surface area (Å²) in [7, 11) is -3.97. The summed E-state index contributed by atoms with van der Waals surface area (Å²) in [6.45, 7) is 5.29. The van der Waals surface area contributed by atoms with E-state index in [0.29, 0.717) is 6.61 Å². The molecule has 0 aromatic heterocycles. The van der Waals surface area contributed by atoms with Crippen LogP contribution in [0.1, 0.15) is 26.7 Å². The van der Waals surface area contributed by atoms with Crippen LogP contribution in [0.25, 0.3) is 0 Å². The van der Waals surface area contributed by atoms with Crippen LogP contribution < -0.4 is 0 Å². The van der Waals surface area contributed by atoms with Crippen LogP contribution in [0.2, 0.25) is 0 Å². The van der Waals surface area contributed by atoms with E-state index in [0.717, 1.165) is 19.4 Å². The van der Waals surface area contributed by atoms with Gasteiger partial charge in [-0.15, -0.1) is 0 Å². The Balaban J connectivity index is 2.52. The van der Waals surface area contributed by atoms with Gasteiger partial charge in [0.1, 0.15) is 6.10 Å². The lowest BCUT2D eigenvalue weighted by molar-refractivity contribution is -0.0210. The lowest BCUT2D eigenvalue weighted by atomic mass is 9.96. The lowest BCUT2D eigenvalue weighted by Gasteiger charge is -2.28. The minimum absolute atomic E-state index is 0.197. The number of allylic oxidation sites excluding steroid dienone is 1. The molecule has 0 amide bonds. The smallest absolute Gasteiger partial charge is 0.329 e. The van der Waals surface area contributed by atoms with Crippen molar-refractivity contribution in [3.63, 3.8) is 0 Å². The van der Waals surface area contributed by atoms with Gasteiger partial charge in [-0.2, -0.15) is 0 Å². The minimum Gasteiger partial charge on any atom is -0.371 e. The SMILES string of the molecule is CCC(C=CCP(=O)(O)O)(CC)OCC1CO1. The minimum atomic E-state index is -3.97. The summed E-state index contributed by atoms with van der Waals surface area (Å²) in [5.41, 5.74) is -0.429. The number of rotatable bonds is 8. The first-order valence-electron chi connectivity index (χ1n) is 5.88. The molecule has 1 unspecified atom stereocenters. The highest BCUT2D eigenvalue weighted by Crippen LogP contribution is 2.35. The van der Waals surface area contributed by atoms with Crippen LogP contribution in [0.15, 0.2) is 12.2 Å². The molecule has 17 heavy (non-hydrogen) atoms. The van der Waals surface area contributed by atoms with Gasteiger partial charge in [-0.05, 0) is 12.8 Å². The van der Waals surface area contributed by atoms with Gasteiger partial charge >= 0.3 is 7.60 Å². The van der Waals surface area contributed by atoms with Gasteiger partial charge in [0.2, 0.25) is 0 Å². The molecule has 1 rings (SSSR count). The Morgan fingerprint density at radius 1 is 1.47 bits per heavy atom. The van der Waals surface area contributed by atoms with Crippen LogP contribution in [-0.4, -0.2) is 40.9 Å². The molecule has 6 heteroatoms. The molecule has 1 atom stereocenters. The highest BCUT2D eigenvalue weighted by Gasteiger charge is 2.29. The van der Waals surface area contributed by atoms with Gasteiger partial charge in [0.25, 0.3) is 0 Å². The van der Waals surface area contributed by atoms with Crippen LogP contribution in [0.5, 0.6) is 0 Å². The molecule has 1 heterocycles. The predicted octanol–water partition coefficient (Wildman–Crippen LogP) is 1.69. The third kappa shape index (κ3) is 5.80. The van der Waals surface area contributed by atoms with Gasteiger partial charge < -0.3 is 19.3 Å². The second kappa shape index (κ2) is 6.12. The number of hydrogen-bond acceptors (Lipinski definition) is 3. The van der Waals surface area contributed by atoms with Crippen molar-refractivity contribution in [3.05, 3.63) is 12.2 Å². The number of epoxide rings is 1. The number of hydrogen-bond donors (Lipinski definition) is 2. The summed E-state index contributed by atoms with van der Waals surface area (Å²) in [6.07, 6.45) is 4.79. The van der Waals surface area contributed by atoms with E-state index in [1.807, 2.05) is 13.8 Å². The maximum absolute atomic E-state index is 10.8. The van der Waals surface area contributed by atoms with Crippen molar-refractivity contribution in [3.8, 4) is 0 Å². The molecule has 0 aromatic carbocycles. The van der Waals surface area contributed by atoms with E-state index in [2.05, 4.69) is 0 Å². The van der Waals surface area contributed by atoms with Crippen molar-refractivity contribution >= 4 is 7.60 Å². The third-order valence-corrected chi connectivity index (χ3v) is 3.61. The van der Waals surface area contributed by atoms with Crippen LogP contribution in [0, 0.1) is 0 Å². The third-order valence-electron chi connectivity index (χ3n) is 2.92. The Kier molecular flexibility index (Phi) is 5.35. The highest BCUT2D eigenvalue weighted by molar-refractivity contribution is 7.51. The molecule has 1 aliphatic rings. The molecule has 2 N–H and O–H groups in total. The van der Waals surface area contributed by atoms with Crippen LogP contribution in [0.4, 0.5) is 0 Å². The van der Waals surface area contributed by atoms with Crippen LogP contribution >= 0.6 is 7.60 Å². The molecule has 5 nitrogen and oxygen atoms in total. The Morgan fingerprint density at radius 2 is 2.06 bits per heavy atom. The van der Waals surface area contributed by atoms with Crippen LogP contribution in [-0.2, 0) is 14.0 Å². The van der Waals surface area contributed by atoms with E-state index in [9.17, 15) is 4.57 Å². The standard InChI is InChI=1S/C11H21O5P/c1-3-11(4-2,16-9-10-8-15-10)6-5-7-17(12,13)14/h5-6,10H,3-4,7-9H2,1-2H3,(H2,12,13,14). The first kappa shape index (κ1) is 14.9. The quantitative estimate of drug-likeness (QED) is 0.396. The topological polar surface area (TPSA) is 79.3 Å². The van der Waals surface area contributed by atoms with E-state index >= 15 is 0 Å². The van der Waals surface area contributed by atoms with Crippen molar-refractivity contribution in [2.45, 2.75) is 38.4 Å². The van der Waals surface area contributed by atoms with E-state index < -0.39 is 13.2 Å². The fourth-order valence-electron chi connectivity index (χ4n) is 1.57. The zero-order valence-corrected chi connectivity index (χ0v) is 11.2. The average Bonchev–Trinajstić information content (AvgIpc) is 3.06. The van der Waals surface area contributed by atoms with Crippen molar-refractivity contribution < 1.29 is 23.8 Å². The lowest BCUT2D eigenvalue weighted by Crippen LogP contribution is -2.30. The first-order chi connectivity index (χ1) is 7.91. The van der Waals surface area contributed by atoms with Crippen molar-refractivity contribution in [2.75, 3.05) is 19.4 Å². The molecule has 0 spiro atoms. The zero-order valence-electron chi connectivity index (χ0n) is 10.3. The molecule has 0 aromatic rings. The fraction of sp³-hybridized carbons (Fsp3) is 0.818. The van der Waals surface area contributed by atoms with Crippen molar-refractivity contribution in [2.24, 2.45) is 0 Å². The van der Waals surface area contributed by atoms with E-state index in [4.69, 9.17) is 19.3 Å². The van der Waals surface area contributed by atoms with Gasteiger partial charge in [-0.25, -0.2) is 0 Å². The maximum Gasteiger partial charge on any atom is 0.329 e. The highest BCUT2D eigenvalue weighted by atomic mass is 31.2. The van der Waals surface area contributed by atoms with Gasteiger partial charge in [0, 0.05) is 0 Å². The summed E-state index contributed by atoms with van der Waals surface area (Å²) >= 11 is 0. The molecule has 1 fully saturated rings. The summed E-state index contributed by atoms with van der Waals surface area (Å²) in [4.78, 5) is 17.6. The van der Waals surface area contributed by atoms with E-state index in [1.54, 1.807) is 6.08 Å².